The van der Waals surface area contributed by atoms with Crippen molar-refractivity contribution in [2.75, 3.05) is 0 Å². The number of aromatic hydroxyl groups is 1. The minimum absolute atomic E-state index is 0.0543. The van der Waals surface area contributed by atoms with Crippen molar-refractivity contribution in [3.8, 4) is 5.75 Å². The molecule has 0 aliphatic heterocycles. The molecule has 0 unspecified atom stereocenters. The van der Waals surface area contributed by atoms with E-state index in [0.29, 0.717) is 16.6 Å². The quantitative estimate of drug-likeness (QED) is 0.563. The number of hydrogen-bond donors (Lipinski definition) is 2. The van der Waals surface area contributed by atoms with Gasteiger partial charge in [0.2, 0.25) is 0 Å². The second-order valence-electron chi connectivity index (χ2n) is 4.66. The predicted octanol–water partition coefficient (Wildman–Crippen LogP) is 3.60. The van der Waals surface area contributed by atoms with Crippen LogP contribution >= 0.6 is 0 Å². The molecule has 3 rings (SSSR count). The number of benzene rings is 2. The fourth-order valence-corrected chi connectivity index (χ4v) is 2.72. The Labute approximate surface area is 131 Å². The van der Waals surface area contributed by atoms with Gasteiger partial charge in [0.15, 0.2) is 11.6 Å². The van der Waals surface area contributed by atoms with Gasteiger partial charge >= 0.3 is 0 Å². The Morgan fingerprint density at radius 2 is 1.74 bits per heavy atom. The number of hydrogen-bond acceptors (Lipinski definition) is 6. The summed E-state index contributed by atoms with van der Waals surface area (Å²) in [4.78, 5) is 3.35. The summed E-state index contributed by atoms with van der Waals surface area (Å²) < 4.78 is 32.1. The second kappa shape index (κ2) is 5.75. The molecule has 2 aromatic carbocycles. The first kappa shape index (κ1) is 15.1. The molecule has 7 nitrogen and oxygen atoms in total. The monoisotopic (exact) mass is 329 g/mol. The summed E-state index contributed by atoms with van der Waals surface area (Å²) in [6, 6.07) is 12.9. The van der Waals surface area contributed by atoms with Crippen molar-refractivity contribution in [1.29, 1.82) is 0 Å². The molecule has 0 fully saturated rings. The van der Waals surface area contributed by atoms with Crippen molar-refractivity contribution in [1.82, 2.24) is 4.98 Å². The number of phenols is 1. The first-order chi connectivity index (χ1) is 11.0. The molecule has 0 atom stereocenters. The number of rotatable bonds is 3. The fourth-order valence-electron chi connectivity index (χ4n) is 2.10. The van der Waals surface area contributed by atoms with E-state index in [9.17, 15) is 18.1 Å². The van der Waals surface area contributed by atoms with Crippen LogP contribution < -0.4 is 0 Å². The summed E-state index contributed by atoms with van der Waals surface area (Å²) in [6.45, 7) is 0. The van der Waals surface area contributed by atoms with Gasteiger partial charge < -0.3 is 5.11 Å². The van der Waals surface area contributed by atoms with Crippen LogP contribution in [0.3, 0.4) is 0 Å². The van der Waals surface area contributed by atoms with E-state index < -0.39 is 20.8 Å². The maximum Gasteiger partial charge on any atom is 0.298 e. The molecule has 1 heterocycles. The molecule has 0 spiro atoms. The van der Waals surface area contributed by atoms with Crippen molar-refractivity contribution in [3.05, 3.63) is 54.7 Å². The van der Waals surface area contributed by atoms with Gasteiger partial charge in [0, 0.05) is 11.6 Å². The molecule has 0 saturated heterocycles. The Balaban J connectivity index is 2.26. The van der Waals surface area contributed by atoms with E-state index in [1.54, 1.807) is 42.5 Å². The summed E-state index contributed by atoms with van der Waals surface area (Å²) in [5.41, 5.74) is -0.0543. The Morgan fingerprint density at radius 3 is 2.43 bits per heavy atom. The molecule has 0 radical (unpaired) electrons. The number of nitrogens with zero attached hydrogens (tertiary/aromatic N) is 3. The van der Waals surface area contributed by atoms with Gasteiger partial charge in [-0.1, -0.05) is 30.3 Å². The van der Waals surface area contributed by atoms with Crippen molar-refractivity contribution in [2.45, 2.75) is 4.90 Å². The normalized spacial score (nSPS) is 12.0. The SMILES string of the molecule is O=S(=O)(O)c1cc2ccccc2c(N=Nc2ccccn2)c1O. The van der Waals surface area contributed by atoms with Crippen LogP contribution in [0.5, 0.6) is 5.75 Å². The highest BCUT2D eigenvalue weighted by Gasteiger charge is 2.21. The van der Waals surface area contributed by atoms with Crippen LogP contribution in [0, 0.1) is 0 Å². The minimum atomic E-state index is -4.60. The molecular weight excluding hydrogens is 318 g/mol. The summed E-state index contributed by atoms with van der Waals surface area (Å²) >= 11 is 0. The highest BCUT2D eigenvalue weighted by molar-refractivity contribution is 7.86. The molecule has 1 aromatic heterocycles. The summed E-state index contributed by atoms with van der Waals surface area (Å²) in [6.07, 6.45) is 1.53. The van der Waals surface area contributed by atoms with Gasteiger partial charge in [-0.2, -0.15) is 8.42 Å². The van der Waals surface area contributed by atoms with E-state index in [2.05, 4.69) is 15.2 Å². The Bertz CT molecular complexity index is 1000. The third-order valence-electron chi connectivity index (χ3n) is 3.14. The molecule has 0 amide bonds. The lowest BCUT2D eigenvalue weighted by Crippen LogP contribution is -1.98. The molecule has 0 aliphatic rings. The third-order valence-corrected chi connectivity index (χ3v) is 4.01. The summed E-state index contributed by atoms with van der Waals surface area (Å²) in [5.74, 6) is -0.362. The van der Waals surface area contributed by atoms with Crippen LogP contribution in [-0.4, -0.2) is 23.1 Å². The minimum Gasteiger partial charge on any atom is -0.504 e. The van der Waals surface area contributed by atoms with Crippen molar-refractivity contribution in [2.24, 2.45) is 10.2 Å². The van der Waals surface area contributed by atoms with Gasteiger partial charge in [0.05, 0.1) is 0 Å². The van der Waals surface area contributed by atoms with Crippen LogP contribution in [0.2, 0.25) is 0 Å². The topological polar surface area (TPSA) is 112 Å². The summed E-state index contributed by atoms with van der Waals surface area (Å²) in [7, 11) is -4.60. The lowest BCUT2D eigenvalue weighted by molar-refractivity contribution is 0.445. The predicted molar refractivity (Wildman–Crippen MR) is 83.8 cm³/mol. The average Bonchev–Trinajstić information content (AvgIpc) is 2.53. The number of phenolic OH excluding ortho intramolecular Hbond substituents is 1. The maximum atomic E-state index is 11.4. The van der Waals surface area contributed by atoms with Gasteiger partial charge in [0.1, 0.15) is 10.6 Å². The average molecular weight is 329 g/mol. The van der Waals surface area contributed by atoms with Crippen molar-refractivity contribution < 1.29 is 18.1 Å². The third kappa shape index (κ3) is 3.03. The van der Waals surface area contributed by atoms with Crippen LogP contribution in [0.4, 0.5) is 11.5 Å². The lowest BCUT2D eigenvalue weighted by Gasteiger charge is -2.08. The van der Waals surface area contributed by atoms with Gasteiger partial charge in [-0.15, -0.1) is 10.2 Å². The largest absolute Gasteiger partial charge is 0.504 e. The lowest BCUT2D eigenvalue weighted by atomic mass is 10.1. The van der Waals surface area contributed by atoms with Crippen LogP contribution in [0.15, 0.2) is 69.9 Å². The Kier molecular flexibility index (Phi) is 3.77. The molecular formula is C15H11N3O4S. The first-order valence-corrected chi connectivity index (χ1v) is 7.96. The van der Waals surface area contributed by atoms with Gasteiger partial charge in [-0.3, -0.25) is 4.55 Å². The van der Waals surface area contributed by atoms with Crippen molar-refractivity contribution >= 4 is 32.4 Å². The van der Waals surface area contributed by atoms with Gasteiger partial charge in [-0.25, -0.2) is 4.98 Å². The van der Waals surface area contributed by atoms with Crippen LogP contribution in [0.1, 0.15) is 0 Å². The molecule has 23 heavy (non-hydrogen) atoms. The fraction of sp³-hybridized carbons (Fsp3) is 0. The first-order valence-electron chi connectivity index (χ1n) is 6.52. The molecule has 0 bridgehead atoms. The highest BCUT2D eigenvalue weighted by atomic mass is 32.2. The molecule has 116 valence electrons. The van der Waals surface area contributed by atoms with E-state index in [1.165, 1.54) is 12.3 Å². The van der Waals surface area contributed by atoms with E-state index in [1.807, 2.05) is 0 Å². The molecule has 0 aliphatic carbocycles. The second-order valence-corrected chi connectivity index (χ2v) is 6.05. The van der Waals surface area contributed by atoms with Gasteiger partial charge in [-0.05, 0) is 23.6 Å². The smallest absolute Gasteiger partial charge is 0.298 e. The zero-order valence-electron chi connectivity index (χ0n) is 11.7. The number of pyridine rings is 1. The molecule has 8 heteroatoms. The van der Waals surface area contributed by atoms with E-state index >= 15 is 0 Å². The van der Waals surface area contributed by atoms with Crippen LogP contribution in [0.25, 0.3) is 10.8 Å². The van der Waals surface area contributed by atoms with E-state index in [-0.39, 0.29) is 5.69 Å². The van der Waals surface area contributed by atoms with Crippen molar-refractivity contribution in [3.63, 3.8) is 0 Å². The zero-order valence-corrected chi connectivity index (χ0v) is 12.5. The molecule has 2 N–H and O–H groups in total. The Morgan fingerprint density at radius 1 is 1.00 bits per heavy atom. The Hall–Kier alpha value is -2.84. The zero-order chi connectivity index (χ0) is 16.4. The van der Waals surface area contributed by atoms with Crippen LogP contribution in [-0.2, 0) is 10.1 Å². The maximum absolute atomic E-state index is 11.4. The number of aromatic nitrogens is 1. The highest BCUT2D eigenvalue weighted by Crippen LogP contribution is 2.40. The molecule has 0 saturated carbocycles. The summed E-state index contributed by atoms with van der Waals surface area (Å²) in [5, 5.41) is 19.0. The standard InChI is InChI=1S/C15H11N3O4S/c19-15-12(23(20,21)22)9-10-5-1-2-6-11(10)14(15)18-17-13-7-3-4-8-16-13/h1-9,19H,(H,20,21,22). The number of azo groups is 1. The van der Waals surface area contributed by atoms with Gasteiger partial charge in [0.25, 0.3) is 10.1 Å². The van der Waals surface area contributed by atoms with E-state index in [0.717, 1.165) is 0 Å². The van der Waals surface area contributed by atoms with E-state index in [4.69, 9.17) is 0 Å². The number of fused-ring (bicyclic) bond motifs is 1. The molecule has 3 aromatic rings.